The van der Waals surface area contributed by atoms with Crippen LogP contribution in [0.5, 0.6) is 0 Å². The number of aromatic carboxylic acids is 1. The summed E-state index contributed by atoms with van der Waals surface area (Å²) in [5.74, 6) is -0.876. The molecule has 3 aromatic rings. The minimum atomic E-state index is -1.98. The van der Waals surface area contributed by atoms with E-state index in [9.17, 15) is 9.90 Å². The van der Waals surface area contributed by atoms with Gasteiger partial charge in [-0.15, -0.1) is 0 Å². The number of hydrogen-bond donors (Lipinski definition) is 1. The first-order chi connectivity index (χ1) is 16.8. The highest BCUT2D eigenvalue weighted by atomic mass is 28.3. The molecule has 0 spiro atoms. The van der Waals surface area contributed by atoms with Crippen LogP contribution in [0.4, 0.5) is 5.69 Å². The Balaban J connectivity index is 1.70. The molecule has 1 N–H and O–H groups in total. The van der Waals surface area contributed by atoms with Crippen molar-refractivity contribution in [1.29, 1.82) is 0 Å². The summed E-state index contributed by atoms with van der Waals surface area (Å²) in [7, 11) is 0.227. The summed E-state index contributed by atoms with van der Waals surface area (Å²) >= 11 is 0. The van der Waals surface area contributed by atoms with E-state index in [0.29, 0.717) is 5.56 Å². The van der Waals surface area contributed by atoms with E-state index in [1.54, 1.807) is 6.07 Å². The molecule has 178 valence electrons. The third-order valence-electron chi connectivity index (χ3n) is 8.45. The highest BCUT2D eigenvalue weighted by molar-refractivity contribution is 7.01. The van der Waals surface area contributed by atoms with E-state index in [0.717, 1.165) is 37.2 Å². The number of carbonyl (C=O) groups is 1. The Hall–Kier alpha value is -3.18. The SMILES string of the molecule is Cc1cc(C(=O)O)ccc1C1=c2cc3c(cc2[Si](C)(C)c2cc(N4CCCC4)ccc21)=[N+](C)CC3. The summed E-state index contributed by atoms with van der Waals surface area (Å²) in [6.45, 7) is 10.4. The normalized spacial score (nSPS) is 17.9. The van der Waals surface area contributed by atoms with Gasteiger partial charge in [0.15, 0.2) is 0 Å². The molecule has 35 heavy (non-hydrogen) atoms. The fourth-order valence-electron chi connectivity index (χ4n) is 6.42. The molecule has 1 saturated heterocycles. The van der Waals surface area contributed by atoms with Gasteiger partial charge >= 0.3 is 5.97 Å². The Kier molecular flexibility index (Phi) is 5.04. The van der Waals surface area contributed by atoms with Crippen molar-refractivity contribution in [2.45, 2.75) is 39.3 Å². The quantitative estimate of drug-likeness (QED) is 0.461. The van der Waals surface area contributed by atoms with Gasteiger partial charge in [0.2, 0.25) is 5.36 Å². The second-order valence-corrected chi connectivity index (χ2v) is 15.3. The van der Waals surface area contributed by atoms with Crippen molar-refractivity contribution in [3.05, 3.63) is 86.9 Å². The minimum absolute atomic E-state index is 0.345. The van der Waals surface area contributed by atoms with Crippen molar-refractivity contribution >= 4 is 35.7 Å². The van der Waals surface area contributed by atoms with Gasteiger partial charge in [-0.2, -0.15) is 0 Å². The highest BCUT2D eigenvalue weighted by Crippen LogP contribution is 2.30. The fraction of sp³-hybridized carbons (Fsp3) is 0.333. The molecule has 0 radical (unpaired) electrons. The van der Waals surface area contributed by atoms with Gasteiger partial charge in [0.25, 0.3) is 0 Å². The van der Waals surface area contributed by atoms with E-state index >= 15 is 0 Å². The molecule has 3 heterocycles. The Morgan fingerprint density at radius 3 is 2.43 bits per heavy atom. The van der Waals surface area contributed by atoms with Crippen molar-refractivity contribution in [3.63, 3.8) is 0 Å². The number of carboxylic acids is 1. The zero-order valence-corrected chi connectivity index (χ0v) is 22.1. The van der Waals surface area contributed by atoms with Gasteiger partial charge in [-0.1, -0.05) is 25.2 Å². The van der Waals surface area contributed by atoms with E-state index < -0.39 is 14.0 Å². The topological polar surface area (TPSA) is 43.5 Å². The molecule has 0 unspecified atom stereocenters. The first-order valence-corrected chi connectivity index (χ1v) is 15.8. The number of fused-ring (bicyclic) bond motifs is 3. The molecule has 3 aliphatic heterocycles. The zero-order valence-electron chi connectivity index (χ0n) is 21.1. The lowest BCUT2D eigenvalue weighted by Crippen LogP contribution is -2.63. The number of anilines is 1. The van der Waals surface area contributed by atoms with Crippen LogP contribution in [0.1, 0.15) is 45.5 Å². The van der Waals surface area contributed by atoms with Gasteiger partial charge in [-0.25, -0.2) is 9.37 Å². The van der Waals surface area contributed by atoms with E-state index in [2.05, 4.69) is 59.9 Å². The highest BCUT2D eigenvalue weighted by Gasteiger charge is 2.37. The van der Waals surface area contributed by atoms with Crippen molar-refractivity contribution in [1.82, 2.24) is 4.58 Å². The van der Waals surface area contributed by atoms with E-state index in [4.69, 9.17) is 0 Å². The number of nitrogens with zero attached hydrogens (tertiary/aromatic N) is 2. The molecule has 0 saturated carbocycles. The average Bonchev–Trinajstić information content (AvgIpc) is 3.49. The lowest BCUT2D eigenvalue weighted by atomic mass is 9.90. The molecule has 0 bridgehead atoms. The maximum absolute atomic E-state index is 11.6. The number of likely N-dealkylation sites (N-methyl/N-ethyl adjacent to an activating group) is 1. The van der Waals surface area contributed by atoms with Crippen molar-refractivity contribution in [3.8, 4) is 0 Å². The molecule has 3 aliphatic rings. The summed E-state index contributed by atoms with van der Waals surface area (Å²) < 4.78 is 2.39. The van der Waals surface area contributed by atoms with Crippen LogP contribution in [0.3, 0.4) is 0 Å². The molecule has 4 nitrogen and oxygen atoms in total. The molecule has 1 fully saturated rings. The predicted octanol–water partition coefficient (Wildman–Crippen LogP) is 2.35. The molecule has 0 amide bonds. The third-order valence-corrected chi connectivity index (χ3v) is 12.0. The second-order valence-electron chi connectivity index (χ2n) is 11.0. The van der Waals surface area contributed by atoms with Crippen LogP contribution in [-0.4, -0.2) is 45.8 Å². The van der Waals surface area contributed by atoms with E-state index in [1.165, 1.54) is 56.2 Å². The van der Waals surface area contributed by atoms with Crippen LogP contribution in [0.2, 0.25) is 13.1 Å². The van der Waals surface area contributed by atoms with Crippen LogP contribution < -0.4 is 30.4 Å². The second kappa shape index (κ2) is 7.92. The third kappa shape index (κ3) is 3.40. The number of rotatable bonds is 3. The standard InChI is InChI=1S/C30H32N2O2Si/c1-19-15-21(30(33)34)7-9-23(19)29-24-10-8-22(32-12-5-6-13-32)17-27(24)35(3,4)28-18-26-20(16-25(28)29)11-14-31(26)2/h7-10,15-18H,5-6,11-14H2,1-4H3/p+1. The van der Waals surface area contributed by atoms with Gasteiger partial charge < -0.3 is 10.0 Å². The first-order valence-electron chi connectivity index (χ1n) is 12.8. The number of hydrogen-bond acceptors (Lipinski definition) is 2. The van der Waals surface area contributed by atoms with Crippen LogP contribution in [0.25, 0.3) is 5.57 Å². The van der Waals surface area contributed by atoms with Gasteiger partial charge in [0.1, 0.15) is 21.7 Å². The zero-order chi connectivity index (χ0) is 24.5. The largest absolute Gasteiger partial charge is 0.478 e. The van der Waals surface area contributed by atoms with Crippen molar-refractivity contribution < 1.29 is 9.90 Å². The van der Waals surface area contributed by atoms with E-state index in [-0.39, 0.29) is 0 Å². The number of aryl methyl sites for hydroxylation is 1. The number of benzene rings is 3. The van der Waals surface area contributed by atoms with Crippen LogP contribution >= 0.6 is 0 Å². The molecule has 5 heteroatoms. The predicted molar refractivity (Wildman–Crippen MR) is 146 cm³/mol. The Bertz CT molecular complexity index is 1530. The summed E-state index contributed by atoms with van der Waals surface area (Å²) in [6.07, 6.45) is 3.61. The Morgan fingerprint density at radius 2 is 1.71 bits per heavy atom. The van der Waals surface area contributed by atoms with Crippen molar-refractivity contribution in [2.75, 3.05) is 31.6 Å². The Labute approximate surface area is 207 Å². The molecular weight excluding hydrogens is 448 g/mol. The summed E-state index contributed by atoms with van der Waals surface area (Å²) in [6, 6.07) is 17.7. The summed E-state index contributed by atoms with van der Waals surface area (Å²) in [5, 5.41) is 15.3. The van der Waals surface area contributed by atoms with Gasteiger partial charge in [-0.05, 0) is 88.0 Å². The molecule has 0 atom stereocenters. The fourth-order valence-corrected chi connectivity index (χ4v) is 9.47. The smallest absolute Gasteiger partial charge is 0.335 e. The maximum atomic E-state index is 11.6. The Morgan fingerprint density at radius 1 is 0.971 bits per heavy atom. The average molecular weight is 482 g/mol. The first kappa shape index (κ1) is 22.3. The molecular formula is C30H33N2O2Si+. The molecule has 0 aromatic heterocycles. The van der Waals surface area contributed by atoms with E-state index in [1.807, 2.05) is 19.1 Å². The summed E-state index contributed by atoms with van der Waals surface area (Å²) in [4.78, 5) is 14.2. The van der Waals surface area contributed by atoms with Crippen LogP contribution in [0.15, 0.2) is 48.5 Å². The monoisotopic (exact) mass is 481 g/mol. The van der Waals surface area contributed by atoms with Crippen LogP contribution in [0, 0.1) is 6.92 Å². The van der Waals surface area contributed by atoms with Gasteiger partial charge in [0.05, 0.1) is 5.56 Å². The molecule has 6 rings (SSSR count). The van der Waals surface area contributed by atoms with Gasteiger partial charge in [0, 0.05) is 36.8 Å². The lowest BCUT2D eigenvalue weighted by molar-refractivity contribution is 0.0696. The number of carboxylic acid groups (broad SMARTS) is 1. The van der Waals surface area contributed by atoms with Crippen molar-refractivity contribution in [2.24, 2.45) is 0 Å². The molecule has 0 aliphatic carbocycles. The minimum Gasteiger partial charge on any atom is -0.478 e. The molecule has 3 aromatic carbocycles. The van der Waals surface area contributed by atoms with Crippen LogP contribution in [-0.2, 0) is 6.42 Å². The summed E-state index contributed by atoms with van der Waals surface area (Å²) in [5.41, 5.74) is 7.86. The maximum Gasteiger partial charge on any atom is 0.335 e. The lowest BCUT2D eigenvalue weighted by Gasteiger charge is -2.34. The van der Waals surface area contributed by atoms with Gasteiger partial charge in [-0.3, -0.25) is 0 Å².